The Labute approximate surface area is 219 Å². The lowest BCUT2D eigenvalue weighted by Gasteiger charge is -2.18. The Morgan fingerprint density at radius 3 is 2.54 bits per heavy atom. The normalized spacial score (nSPS) is 13.9. The molecule has 0 saturated carbocycles. The molecule has 3 heterocycles. The number of likely N-dealkylation sites (N-methyl/N-ethyl adjacent to an activating group) is 1. The predicted octanol–water partition coefficient (Wildman–Crippen LogP) is 2.97. The van der Waals surface area contributed by atoms with Gasteiger partial charge in [-0.2, -0.15) is 0 Å². The highest BCUT2D eigenvalue weighted by Gasteiger charge is 2.29. The maximum atomic E-state index is 14.1. The number of aliphatic hydroxyl groups is 1. The molecule has 204 valence electrons. The lowest BCUT2D eigenvalue weighted by molar-refractivity contribution is 0.0768. The molecule has 0 aliphatic carbocycles. The van der Waals surface area contributed by atoms with E-state index >= 15 is 0 Å². The van der Waals surface area contributed by atoms with E-state index < -0.39 is 47.0 Å². The summed E-state index contributed by atoms with van der Waals surface area (Å²) in [7, 11) is 3.85. The molecule has 0 saturated heterocycles. The fourth-order valence-electron chi connectivity index (χ4n) is 4.56. The number of fused-ring (bicyclic) bond motifs is 2. The van der Waals surface area contributed by atoms with Crippen LogP contribution < -0.4 is 10.9 Å². The third kappa shape index (κ3) is 4.98. The van der Waals surface area contributed by atoms with Crippen molar-refractivity contribution < 1.29 is 27.5 Å². The number of carbonyl (C=O) groups excluding carboxylic acids is 1. The van der Waals surface area contributed by atoms with Crippen LogP contribution in [0.3, 0.4) is 0 Å². The van der Waals surface area contributed by atoms with Gasteiger partial charge < -0.3 is 30.2 Å². The molecule has 1 atom stereocenters. The second-order valence-corrected chi connectivity index (χ2v) is 9.55. The van der Waals surface area contributed by atoms with Crippen LogP contribution in [-0.4, -0.2) is 69.2 Å². The highest BCUT2D eigenvalue weighted by molar-refractivity contribution is 6.02. The Balaban J connectivity index is 1.43. The van der Waals surface area contributed by atoms with Crippen molar-refractivity contribution in [2.45, 2.75) is 19.2 Å². The maximum absolute atomic E-state index is 14.1. The maximum Gasteiger partial charge on any atom is 0.261 e. The minimum absolute atomic E-state index is 0.0294. The molecule has 13 heteroatoms. The van der Waals surface area contributed by atoms with Crippen LogP contribution in [0.5, 0.6) is 0 Å². The van der Waals surface area contributed by atoms with Crippen molar-refractivity contribution in [3.05, 3.63) is 80.8 Å². The SMILES string of the molecule is CN(C)CCN1Cc2cc3[nH]c(-c4c(N[C@@H](O)Cc5c(F)c(F)cc(F)c5F)cc[nH]c4=O)nc3cc2C1=O. The van der Waals surface area contributed by atoms with Gasteiger partial charge in [0.1, 0.15) is 17.6 Å². The number of aromatic amines is 2. The summed E-state index contributed by atoms with van der Waals surface area (Å²) < 4.78 is 55.3. The number of benzene rings is 2. The molecule has 2 aromatic heterocycles. The number of H-pyrrole nitrogens is 2. The van der Waals surface area contributed by atoms with E-state index in [1.807, 2.05) is 19.0 Å². The average Bonchev–Trinajstić information content (AvgIpc) is 3.42. The molecule has 0 fully saturated rings. The lowest BCUT2D eigenvalue weighted by Crippen LogP contribution is -2.31. The van der Waals surface area contributed by atoms with Gasteiger partial charge in [0.25, 0.3) is 11.5 Å². The van der Waals surface area contributed by atoms with Crippen LogP contribution in [0.25, 0.3) is 22.4 Å². The van der Waals surface area contributed by atoms with Gasteiger partial charge in [0.05, 0.1) is 16.7 Å². The van der Waals surface area contributed by atoms with E-state index in [0.717, 1.165) is 5.56 Å². The van der Waals surface area contributed by atoms with Crippen LogP contribution in [0.15, 0.2) is 35.3 Å². The monoisotopic (exact) mass is 544 g/mol. The van der Waals surface area contributed by atoms with Crippen molar-refractivity contribution in [2.24, 2.45) is 0 Å². The molecular weight excluding hydrogens is 520 g/mol. The average molecular weight is 545 g/mol. The highest BCUT2D eigenvalue weighted by Crippen LogP contribution is 2.30. The summed E-state index contributed by atoms with van der Waals surface area (Å²) in [6.07, 6.45) is -1.28. The number of rotatable bonds is 8. The molecule has 4 aromatic rings. The van der Waals surface area contributed by atoms with E-state index in [-0.39, 0.29) is 29.0 Å². The third-order valence-corrected chi connectivity index (χ3v) is 6.52. The molecule has 5 rings (SSSR count). The summed E-state index contributed by atoms with van der Waals surface area (Å²) in [4.78, 5) is 39.4. The molecule has 0 unspecified atom stereocenters. The zero-order valence-electron chi connectivity index (χ0n) is 20.9. The summed E-state index contributed by atoms with van der Waals surface area (Å²) in [5.41, 5.74) is 0.755. The van der Waals surface area contributed by atoms with Crippen molar-refractivity contribution >= 4 is 22.6 Å². The molecule has 4 N–H and O–H groups in total. The van der Waals surface area contributed by atoms with Crippen molar-refractivity contribution in [2.75, 3.05) is 32.5 Å². The summed E-state index contributed by atoms with van der Waals surface area (Å²) in [5.74, 6) is -6.45. The molecule has 0 bridgehead atoms. The molecule has 1 aliphatic rings. The van der Waals surface area contributed by atoms with Crippen molar-refractivity contribution in [1.82, 2.24) is 24.8 Å². The number of anilines is 1. The minimum atomic E-state index is -1.73. The minimum Gasteiger partial charge on any atom is -0.373 e. The van der Waals surface area contributed by atoms with Crippen LogP contribution >= 0.6 is 0 Å². The number of amides is 1. The summed E-state index contributed by atoms with van der Waals surface area (Å²) in [6.45, 7) is 1.72. The standard InChI is InChI=1S/C26H24F4N6O3/c1-35(2)5-6-36-11-12-7-18-19(8-13(12)26(36)39)34-24(33-18)21-17(3-4-31-25(21)38)32-20(37)9-14-22(29)15(27)10-16(28)23(14)30/h3-4,7-8,10,20,37H,5-6,9,11H2,1-2H3,(H,33,34)(H2,31,32,38)/t20-/m0/s1. The van der Waals surface area contributed by atoms with Crippen LogP contribution in [-0.2, 0) is 13.0 Å². The topological polar surface area (TPSA) is 117 Å². The van der Waals surface area contributed by atoms with E-state index in [4.69, 9.17) is 0 Å². The van der Waals surface area contributed by atoms with E-state index in [0.29, 0.717) is 36.2 Å². The van der Waals surface area contributed by atoms with Gasteiger partial charge in [-0.25, -0.2) is 22.5 Å². The Bertz CT molecular complexity index is 1620. The molecule has 1 amide bonds. The quantitative estimate of drug-likeness (QED) is 0.154. The third-order valence-electron chi connectivity index (χ3n) is 6.52. The molecular formula is C26H24F4N6O3. The van der Waals surface area contributed by atoms with E-state index in [1.54, 1.807) is 17.0 Å². The Morgan fingerprint density at radius 2 is 1.85 bits per heavy atom. The van der Waals surface area contributed by atoms with Gasteiger partial charge in [-0.05, 0) is 37.9 Å². The largest absolute Gasteiger partial charge is 0.373 e. The van der Waals surface area contributed by atoms with E-state index in [2.05, 4.69) is 20.3 Å². The first kappa shape index (κ1) is 26.4. The first-order valence-electron chi connectivity index (χ1n) is 12.0. The fourth-order valence-corrected chi connectivity index (χ4v) is 4.56. The zero-order chi connectivity index (χ0) is 28.0. The van der Waals surface area contributed by atoms with Gasteiger partial charge in [-0.3, -0.25) is 9.59 Å². The predicted molar refractivity (Wildman–Crippen MR) is 135 cm³/mol. The van der Waals surface area contributed by atoms with Gasteiger partial charge in [0.2, 0.25) is 0 Å². The van der Waals surface area contributed by atoms with Gasteiger partial charge in [0.15, 0.2) is 23.3 Å². The number of nitrogens with zero attached hydrogens (tertiary/aromatic N) is 3. The van der Waals surface area contributed by atoms with E-state index in [1.165, 1.54) is 12.3 Å². The number of carbonyl (C=O) groups is 1. The number of aromatic nitrogens is 3. The zero-order valence-corrected chi connectivity index (χ0v) is 20.9. The number of pyridine rings is 1. The van der Waals surface area contributed by atoms with Crippen molar-refractivity contribution in [3.8, 4) is 11.4 Å². The summed E-state index contributed by atoms with van der Waals surface area (Å²) in [5, 5.41) is 13.0. The number of halogens is 4. The highest BCUT2D eigenvalue weighted by atomic mass is 19.2. The molecule has 9 nitrogen and oxygen atoms in total. The second kappa shape index (κ2) is 10.2. The molecule has 0 radical (unpaired) electrons. The van der Waals surface area contributed by atoms with Gasteiger partial charge in [-0.15, -0.1) is 0 Å². The van der Waals surface area contributed by atoms with Gasteiger partial charge >= 0.3 is 0 Å². The molecule has 2 aromatic carbocycles. The van der Waals surface area contributed by atoms with E-state index in [9.17, 15) is 32.3 Å². The smallest absolute Gasteiger partial charge is 0.261 e. The number of hydrogen-bond donors (Lipinski definition) is 4. The van der Waals surface area contributed by atoms with Crippen molar-refractivity contribution in [1.29, 1.82) is 0 Å². The molecule has 0 spiro atoms. The van der Waals surface area contributed by atoms with Crippen molar-refractivity contribution in [3.63, 3.8) is 0 Å². The van der Waals surface area contributed by atoms with Gasteiger partial charge in [-0.1, -0.05) is 0 Å². The van der Waals surface area contributed by atoms with Crippen LogP contribution in [0.4, 0.5) is 23.2 Å². The number of imidazole rings is 1. The first-order chi connectivity index (χ1) is 18.5. The summed E-state index contributed by atoms with van der Waals surface area (Å²) >= 11 is 0. The number of hydrogen-bond acceptors (Lipinski definition) is 6. The number of aliphatic hydroxyl groups excluding tert-OH is 1. The van der Waals surface area contributed by atoms with Crippen LogP contribution in [0.1, 0.15) is 21.5 Å². The number of nitrogens with one attached hydrogen (secondary N) is 3. The summed E-state index contributed by atoms with van der Waals surface area (Å²) in [6, 6.07) is 4.90. The van der Waals surface area contributed by atoms with Gasteiger partial charge in [0, 0.05) is 49.4 Å². The lowest BCUT2D eigenvalue weighted by atomic mass is 10.1. The Hall–Kier alpha value is -4.23. The van der Waals surface area contributed by atoms with Crippen LogP contribution in [0.2, 0.25) is 0 Å². The Morgan fingerprint density at radius 1 is 1.13 bits per heavy atom. The van der Waals surface area contributed by atoms with Crippen LogP contribution in [0, 0.1) is 23.3 Å². The Kier molecular flexibility index (Phi) is 6.87. The fraction of sp³-hybridized carbons (Fsp3) is 0.269. The molecule has 1 aliphatic heterocycles. The second-order valence-electron chi connectivity index (χ2n) is 9.55. The first-order valence-corrected chi connectivity index (χ1v) is 12.0. The molecule has 39 heavy (non-hydrogen) atoms.